The molecule has 0 spiro atoms. The van der Waals surface area contributed by atoms with E-state index >= 15 is 0 Å². The fourth-order valence-corrected chi connectivity index (χ4v) is 2.27. The number of hydrogen-bond acceptors (Lipinski definition) is 3. The molecule has 0 unspecified atom stereocenters. The zero-order valence-electron chi connectivity index (χ0n) is 9.42. The van der Waals surface area contributed by atoms with Crippen molar-refractivity contribution in [1.29, 1.82) is 0 Å². The van der Waals surface area contributed by atoms with Gasteiger partial charge in [0.1, 0.15) is 13.2 Å². The average Bonchev–Trinajstić information content (AvgIpc) is 2.28. The van der Waals surface area contributed by atoms with Gasteiger partial charge < -0.3 is 14.6 Å². The van der Waals surface area contributed by atoms with E-state index in [2.05, 4.69) is 13.8 Å². The minimum atomic E-state index is -0.0378. The van der Waals surface area contributed by atoms with Gasteiger partial charge in [0.2, 0.25) is 0 Å². The minimum Gasteiger partial charge on any atom is -0.486 e. The third-order valence-electron chi connectivity index (χ3n) is 2.64. The second kappa shape index (κ2) is 4.52. The van der Waals surface area contributed by atoms with Gasteiger partial charge in [-0.25, -0.2) is 0 Å². The molecule has 16 heavy (non-hydrogen) atoms. The first-order chi connectivity index (χ1) is 7.65. The van der Waals surface area contributed by atoms with Gasteiger partial charge in [-0.1, -0.05) is 25.4 Å². The van der Waals surface area contributed by atoms with Crippen molar-refractivity contribution in [3.05, 3.63) is 22.2 Å². The van der Waals surface area contributed by atoms with Crippen molar-refractivity contribution in [3.63, 3.8) is 0 Å². The normalized spacial score (nSPS) is 14.3. The Morgan fingerprint density at radius 2 is 1.94 bits per heavy atom. The van der Waals surface area contributed by atoms with Gasteiger partial charge in [-0.2, -0.15) is 0 Å². The van der Waals surface area contributed by atoms with Crippen LogP contribution in [-0.4, -0.2) is 18.3 Å². The second-order valence-corrected chi connectivity index (χ2v) is 4.51. The van der Waals surface area contributed by atoms with Gasteiger partial charge in [0.25, 0.3) is 0 Å². The maximum atomic E-state index is 9.34. The van der Waals surface area contributed by atoms with Gasteiger partial charge in [-0.05, 0) is 17.5 Å². The Balaban J connectivity index is 2.63. The molecule has 0 amide bonds. The van der Waals surface area contributed by atoms with Crippen molar-refractivity contribution in [1.82, 2.24) is 0 Å². The molecule has 0 radical (unpaired) electrons. The van der Waals surface area contributed by atoms with Gasteiger partial charge in [0, 0.05) is 5.56 Å². The van der Waals surface area contributed by atoms with E-state index in [0.29, 0.717) is 29.7 Å². The first-order valence-electron chi connectivity index (χ1n) is 5.37. The summed E-state index contributed by atoms with van der Waals surface area (Å²) < 4.78 is 11.1. The van der Waals surface area contributed by atoms with E-state index in [-0.39, 0.29) is 12.5 Å². The number of aliphatic hydroxyl groups excluding tert-OH is 1. The molecule has 1 aliphatic heterocycles. The predicted molar refractivity (Wildman–Crippen MR) is 62.5 cm³/mol. The van der Waals surface area contributed by atoms with E-state index in [0.717, 1.165) is 11.1 Å². The van der Waals surface area contributed by atoms with Gasteiger partial charge >= 0.3 is 0 Å². The highest BCUT2D eigenvalue weighted by Crippen LogP contribution is 2.44. The van der Waals surface area contributed by atoms with Crippen LogP contribution in [-0.2, 0) is 6.61 Å². The fraction of sp³-hybridized carbons (Fsp3) is 0.500. The second-order valence-electron chi connectivity index (χ2n) is 4.10. The number of ether oxygens (including phenoxy) is 2. The van der Waals surface area contributed by atoms with Crippen molar-refractivity contribution in [2.75, 3.05) is 13.2 Å². The first-order valence-corrected chi connectivity index (χ1v) is 5.74. The van der Waals surface area contributed by atoms with E-state index in [4.69, 9.17) is 21.1 Å². The number of fused-ring (bicyclic) bond motifs is 1. The maximum absolute atomic E-state index is 9.34. The fourth-order valence-electron chi connectivity index (χ4n) is 2.00. The van der Waals surface area contributed by atoms with Crippen LogP contribution in [0.25, 0.3) is 0 Å². The lowest BCUT2D eigenvalue weighted by Gasteiger charge is -2.25. The lowest BCUT2D eigenvalue weighted by molar-refractivity contribution is 0.168. The Hall–Kier alpha value is -0.930. The van der Waals surface area contributed by atoms with Crippen LogP contribution >= 0.6 is 11.6 Å². The SMILES string of the molecule is CC(C)c1c(CO)cc(Cl)c2c1OCCO2. The molecule has 1 N–H and O–H groups in total. The predicted octanol–water partition coefficient (Wildman–Crippen LogP) is 2.73. The quantitative estimate of drug-likeness (QED) is 0.867. The zero-order valence-corrected chi connectivity index (χ0v) is 10.2. The van der Waals surface area contributed by atoms with Crippen LogP contribution in [0.1, 0.15) is 30.9 Å². The third kappa shape index (κ3) is 1.85. The Labute approximate surface area is 99.9 Å². The topological polar surface area (TPSA) is 38.7 Å². The van der Waals surface area contributed by atoms with Crippen molar-refractivity contribution in [2.45, 2.75) is 26.4 Å². The monoisotopic (exact) mass is 242 g/mol. The molecule has 3 nitrogen and oxygen atoms in total. The Morgan fingerprint density at radius 3 is 2.50 bits per heavy atom. The van der Waals surface area contributed by atoms with Crippen molar-refractivity contribution in [3.8, 4) is 11.5 Å². The van der Waals surface area contributed by atoms with Crippen LogP contribution in [0.4, 0.5) is 0 Å². The van der Waals surface area contributed by atoms with Crippen LogP contribution in [0.5, 0.6) is 11.5 Å². The van der Waals surface area contributed by atoms with E-state index in [9.17, 15) is 5.11 Å². The Morgan fingerprint density at radius 1 is 1.31 bits per heavy atom. The summed E-state index contributed by atoms with van der Waals surface area (Å²) in [6.45, 7) is 5.12. The molecule has 88 valence electrons. The summed E-state index contributed by atoms with van der Waals surface area (Å²) in [5, 5.41) is 9.84. The molecule has 4 heteroatoms. The van der Waals surface area contributed by atoms with Crippen LogP contribution < -0.4 is 9.47 Å². The lowest BCUT2D eigenvalue weighted by Crippen LogP contribution is -2.18. The van der Waals surface area contributed by atoms with Gasteiger partial charge in [0.15, 0.2) is 11.5 Å². The van der Waals surface area contributed by atoms with Crippen LogP contribution in [0, 0.1) is 0 Å². The van der Waals surface area contributed by atoms with Crippen LogP contribution in [0.15, 0.2) is 6.07 Å². The average molecular weight is 243 g/mol. The molecule has 0 saturated heterocycles. The molecule has 0 saturated carbocycles. The van der Waals surface area contributed by atoms with Crippen molar-refractivity contribution in [2.24, 2.45) is 0 Å². The molecule has 1 heterocycles. The number of aliphatic hydroxyl groups is 1. The van der Waals surface area contributed by atoms with Gasteiger partial charge in [0.05, 0.1) is 11.6 Å². The molecule has 2 rings (SSSR count). The van der Waals surface area contributed by atoms with E-state index in [1.165, 1.54) is 0 Å². The largest absolute Gasteiger partial charge is 0.486 e. The highest BCUT2D eigenvalue weighted by Gasteiger charge is 2.24. The van der Waals surface area contributed by atoms with E-state index < -0.39 is 0 Å². The molecule has 0 bridgehead atoms. The smallest absolute Gasteiger partial charge is 0.180 e. The van der Waals surface area contributed by atoms with Crippen LogP contribution in [0.2, 0.25) is 5.02 Å². The van der Waals surface area contributed by atoms with Crippen LogP contribution in [0.3, 0.4) is 0 Å². The summed E-state index contributed by atoms with van der Waals surface area (Å²) in [4.78, 5) is 0. The summed E-state index contributed by atoms with van der Waals surface area (Å²) >= 11 is 6.09. The summed E-state index contributed by atoms with van der Waals surface area (Å²) in [6, 6.07) is 1.75. The molecule has 0 aromatic heterocycles. The minimum absolute atomic E-state index is 0.0378. The highest BCUT2D eigenvalue weighted by molar-refractivity contribution is 6.32. The highest BCUT2D eigenvalue weighted by atomic mass is 35.5. The number of halogens is 1. The number of benzene rings is 1. The van der Waals surface area contributed by atoms with Gasteiger partial charge in [-0.3, -0.25) is 0 Å². The van der Waals surface area contributed by atoms with Crippen molar-refractivity contribution < 1.29 is 14.6 Å². The maximum Gasteiger partial charge on any atom is 0.180 e. The van der Waals surface area contributed by atoms with Gasteiger partial charge in [-0.15, -0.1) is 0 Å². The Bertz CT molecular complexity index is 402. The zero-order chi connectivity index (χ0) is 11.7. The number of rotatable bonds is 2. The lowest BCUT2D eigenvalue weighted by atomic mass is 9.95. The molecular formula is C12H15ClO3. The third-order valence-corrected chi connectivity index (χ3v) is 2.92. The van der Waals surface area contributed by atoms with E-state index in [1.807, 2.05) is 0 Å². The summed E-state index contributed by atoms with van der Waals surface area (Å²) in [6.07, 6.45) is 0. The van der Waals surface area contributed by atoms with E-state index in [1.54, 1.807) is 6.07 Å². The molecule has 1 aromatic carbocycles. The standard InChI is InChI=1S/C12H15ClO3/c1-7(2)10-8(6-14)5-9(13)11-12(10)16-4-3-15-11/h5,7,14H,3-4,6H2,1-2H3. The number of hydrogen-bond donors (Lipinski definition) is 1. The molecule has 1 aliphatic rings. The summed E-state index contributed by atoms with van der Waals surface area (Å²) in [5.41, 5.74) is 1.80. The molecule has 0 fully saturated rings. The first kappa shape index (κ1) is 11.6. The summed E-state index contributed by atoms with van der Waals surface area (Å²) in [5.74, 6) is 1.56. The molecule has 0 aliphatic carbocycles. The summed E-state index contributed by atoms with van der Waals surface area (Å²) in [7, 11) is 0. The molecular weight excluding hydrogens is 228 g/mol. The molecule has 1 aromatic rings. The Kier molecular flexibility index (Phi) is 3.26. The van der Waals surface area contributed by atoms with Crippen molar-refractivity contribution >= 4 is 11.6 Å². The molecule has 0 atom stereocenters.